The first kappa shape index (κ1) is 19.3. The van der Waals surface area contributed by atoms with E-state index in [-0.39, 0.29) is 10.3 Å². The molecule has 0 saturated heterocycles. The zero-order chi connectivity index (χ0) is 15.6. The Morgan fingerprint density at radius 1 is 0.850 bits per heavy atom. The highest BCUT2D eigenvalue weighted by Gasteiger charge is 2.35. The minimum Gasteiger partial charge on any atom is -0.474 e. The van der Waals surface area contributed by atoms with E-state index in [1.807, 2.05) is 0 Å². The monoisotopic (exact) mass is 455 g/mol. The Labute approximate surface area is 146 Å². The van der Waals surface area contributed by atoms with Gasteiger partial charge in [-0.1, -0.05) is 0 Å². The normalized spacial score (nSPS) is 21.3. The summed E-state index contributed by atoms with van der Waals surface area (Å²) in [6, 6.07) is 0. The summed E-state index contributed by atoms with van der Waals surface area (Å²) in [6.07, 6.45) is 0. The fourth-order valence-corrected chi connectivity index (χ4v) is 16.4. The third kappa shape index (κ3) is 5.79. The second-order valence-corrected chi connectivity index (χ2v) is 16.0. The van der Waals surface area contributed by atoms with Gasteiger partial charge in [-0.2, -0.15) is 13.5 Å². The van der Waals surface area contributed by atoms with Gasteiger partial charge < -0.3 is 9.47 Å². The first-order valence-corrected chi connectivity index (χ1v) is 14.0. The largest absolute Gasteiger partial charge is 0.474 e. The molecule has 2 N–H and O–H groups in total. The number of ether oxygens (including phenoxy) is 2. The predicted octanol–water partition coefficient (Wildman–Crippen LogP) is 5.84. The maximum absolute atomic E-state index is 6.02. The van der Waals surface area contributed by atoms with E-state index < -0.39 is 19.3 Å². The van der Waals surface area contributed by atoms with Crippen molar-refractivity contribution in [2.75, 3.05) is 14.2 Å². The van der Waals surface area contributed by atoms with Crippen molar-refractivity contribution in [2.45, 2.75) is 0 Å². The van der Waals surface area contributed by atoms with Crippen LogP contribution in [0.25, 0.3) is 0 Å². The second kappa shape index (κ2) is 7.20. The van der Waals surface area contributed by atoms with Crippen LogP contribution in [0, 0.1) is 0 Å². The van der Waals surface area contributed by atoms with E-state index in [9.17, 15) is 0 Å². The van der Waals surface area contributed by atoms with Gasteiger partial charge in [0.05, 0.1) is 14.2 Å². The lowest BCUT2D eigenvalue weighted by atomic mass is 11.3. The van der Waals surface area contributed by atoms with Gasteiger partial charge in [0.2, 0.25) is 0 Å². The summed E-state index contributed by atoms with van der Waals surface area (Å²) >= 11 is 33.9. The van der Waals surface area contributed by atoms with E-state index in [1.165, 1.54) is 14.2 Å². The van der Waals surface area contributed by atoms with Crippen LogP contribution in [0.15, 0.2) is 13.5 Å². The fraction of sp³-hybridized carbons (Fsp3) is 0.500. The van der Waals surface area contributed by atoms with E-state index in [1.54, 1.807) is 0 Å². The molecule has 1 aliphatic rings. The summed E-state index contributed by atoms with van der Waals surface area (Å²) < 4.78 is 21.8. The third-order valence-electron chi connectivity index (χ3n) is 1.55. The molecule has 116 valence electrons. The van der Waals surface area contributed by atoms with E-state index in [4.69, 9.17) is 78.9 Å². The maximum atomic E-state index is 6.02. The molecule has 0 amide bonds. The zero-order valence-electron chi connectivity index (χ0n) is 9.83. The molecule has 16 heteroatoms. The Kier molecular flexibility index (Phi) is 6.94. The summed E-state index contributed by atoms with van der Waals surface area (Å²) in [5.74, 6) is -6.27. The van der Waals surface area contributed by atoms with Crippen LogP contribution in [-0.2, 0) is 9.47 Å². The minimum absolute atomic E-state index is 0.0131. The minimum atomic E-state index is -3.13. The molecule has 0 bridgehead atoms. The van der Waals surface area contributed by atoms with Crippen molar-refractivity contribution in [1.82, 2.24) is 10.2 Å². The highest BCUT2D eigenvalue weighted by atomic mass is 35.9. The summed E-state index contributed by atoms with van der Waals surface area (Å²) in [5.41, 5.74) is 0. The molecule has 0 aromatic carbocycles. The summed E-state index contributed by atoms with van der Waals surface area (Å²) in [4.78, 5) is 0. The van der Waals surface area contributed by atoms with Crippen molar-refractivity contribution >= 4 is 99.1 Å². The number of nitrogens with zero attached hydrogens (tertiary/aromatic N) is 3. The third-order valence-corrected chi connectivity index (χ3v) is 13.8. The molecule has 0 spiro atoms. The number of hydrogen-bond donors (Lipinski definition) is 2. The molecule has 1 rings (SSSR count). The molecule has 0 fully saturated rings. The molecular weight excluding hydrogens is 449 g/mol. The smallest absolute Gasteiger partial charge is 0.272 e. The summed E-state index contributed by atoms with van der Waals surface area (Å²) in [5, 5.41) is 5.42. The molecule has 1 heterocycles. The lowest BCUT2D eigenvalue weighted by Gasteiger charge is -2.28. The number of nitrogens with one attached hydrogen (secondary N) is 2. The van der Waals surface area contributed by atoms with Crippen molar-refractivity contribution in [3.63, 3.8) is 0 Å². The van der Waals surface area contributed by atoms with Crippen molar-refractivity contribution in [1.29, 1.82) is 0 Å². The molecule has 20 heavy (non-hydrogen) atoms. The van der Waals surface area contributed by atoms with Crippen LogP contribution < -0.4 is 10.2 Å². The first-order valence-electron chi connectivity index (χ1n) is 4.46. The molecular formula is C4H8Cl4N5O2P3S2. The van der Waals surface area contributed by atoms with E-state index in [2.05, 4.69) is 23.7 Å². The molecule has 1 aliphatic heterocycles. The Morgan fingerprint density at radius 2 is 1.25 bits per heavy atom. The van der Waals surface area contributed by atoms with Crippen LogP contribution in [0.2, 0.25) is 0 Å². The molecule has 0 unspecified atom stereocenters. The summed E-state index contributed by atoms with van der Waals surface area (Å²) in [7, 11) is -0.357. The Hall–Kier alpha value is 1.23. The van der Waals surface area contributed by atoms with Crippen LogP contribution in [0.4, 0.5) is 0 Å². The quantitative estimate of drug-likeness (QED) is 0.401. The number of hydrogen-bond acceptors (Lipinski definition) is 7. The number of thiocarbonyl (C=S) groups is 2. The van der Waals surface area contributed by atoms with Crippen LogP contribution >= 0.6 is 88.7 Å². The van der Waals surface area contributed by atoms with Crippen molar-refractivity contribution in [2.24, 2.45) is 13.5 Å². The van der Waals surface area contributed by atoms with Gasteiger partial charge in [-0.15, -0.1) is 0 Å². The molecule has 0 aromatic heterocycles. The fourth-order valence-electron chi connectivity index (χ4n) is 0.958. The van der Waals surface area contributed by atoms with Crippen LogP contribution in [0.3, 0.4) is 0 Å². The Balaban J connectivity index is 3.43. The van der Waals surface area contributed by atoms with Gasteiger partial charge in [0.1, 0.15) is 0 Å². The number of methoxy groups -OCH3 is 2. The molecule has 0 atom stereocenters. The van der Waals surface area contributed by atoms with Gasteiger partial charge in [-0.3, -0.25) is 10.2 Å². The van der Waals surface area contributed by atoms with Gasteiger partial charge in [-0.25, -0.2) is 0 Å². The van der Waals surface area contributed by atoms with Crippen molar-refractivity contribution in [3.8, 4) is 0 Å². The molecule has 0 aliphatic carbocycles. The molecule has 7 nitrogen and oxygen atoms in total. The maximum Gasteiger partial charge on any atom is 0.272 e. The van der Waals surface area contributed by atoms with Crippen LogP contribution in [0.1, 0.15) is 0 Å². The van der Waals surface area contributed by atoms with E-state index in [0.29, 0.717) is 0 Å². The molecule has 0 radical (unpaired) electrons. The summed E-state index contributed by atoms with van der Waals surface area (Å²) in [6.45, 7) is 0. The van der Waals surface area contributed by atoms with Crippen molar-refractivity contribution < 1.29 is 9.47 Å². The van der Waals surface area contributed by atoms with E-state index in [0.717, 1.165) is 0 Å². The SMILES string of the molecule is COC(=S)NP1(NC(=S)OC)=NP(Cl)(Cl)=NP(Cl)(Cl)=N1. The molecule has 0 aromatic rings. The lowest BCUT2D eigenvalue weighted by Crippen LogP contribution is -2.30. The standard InChI is InChI=1S/C4H8Cl4N5O2P3S2/c1-14-3(19)9-18(10-4(20)15-2)12-16(5,6)11-17(7,8)13-18/h1-2H3,(H,9,19)(H,10,20). The zero-order valence-corrected chi connectivity index (χ0v) is 17.2. The Bertz CT molecular complexity index is 569. The topological polar surface area (TPSA) is 79.6 Å². The van der Waals surface area contributed by atoms with Gasteiger partial charge >= 0.3 is 0 Å². The van der Waals surface area contributed by atoms with Crippen LogP contribution in [-0.4, -0.2) is 24.6 Å². The number of rotatable bonds is 2. The van der Waals surface area contributed by atoms with E-state index >= 15 is 0 Å². The number of halogens is 4. The van der Waals surface area contributed by atoms with Gasteiger partial charge in [0.15, 0.2) is 0 Å². The van der Waals surface area contributed by atoms with Gasteiger partial charge in [0, 0.05) is 0 Å². The van der Waals surface area contributed by atoms with Gasteiger partial charge in [0.25, 0.3) is 29.7 Å². The first-order chi connectivity index (χ1) is 9.03. The van der Waals surface area contributed by atoms with Crippen LogP contribution in [0.5, 0.6) is 0 Å². The average molecular weight is 457 g/mol. The van der Waals surface area contributed by atoms with Gasteiger partial charge in [-0.05, 0) is 69.4 Å². The second-order valence-electron chi connectivity index (χ2n) is 2.99. The average Bonchev–Trinajstić information content (AvgIpc) is 2.23. The highest BCUT2D eigenvalue weighted by molar-refractivity contribution is 8.21. The van der Waals surface area contributed by atoms with Crippen molar-refractivity contribution in [3.05, 3.63) is 0 Å². The lowest BCUT2D eigenvalue weighted by molar-refractivity contribution is 0.400. The predicted molar refractivity (Wildman–Crippen MR) is 96.9 cm³/mol. The Morgan fingerprint density at radius 3 is 1.60 bits per heavy atom. The molecule has 0 saturated carbocycles. The highest BCUT2D eigenvalue weighted by Crippen LogP contribution is 2.83.